The van der Waals surface area contributed by atoms with E-state index in [0.29, 0.717) is 12.5 Å². The van der Waals surface area contributed by atoms with Gasteiger partial charge in [-0.3, -0.25) is 4.79 Å². The molecule has 1 atom stereocenters. The van der Waals surface area contributed by atoms with Gasteiger partial charge in [0.25, 0.3) is 0 Å². The second-order valence-electron chi connectivity index (χ2n) is 5.24. The average molecular weight is 247 g/mol. The maximum atomic E-state index is 12.3. The molecule has 1 aromatic rings. The Hall–Kier alpha value is -1.71. The molecule has 1 unspecified atom stereocenters. The summed E-state index contributed by atoms with van der Waals surface area (Å²) in [6, 6.07) is 7.78. The van der Waals surface area contributed by atoms with Gasteiger partial charge in [0.05, 0.1) is 11.4 Å². The Morgan fingerprint density at radius 2 is 2.06 bits per heavy atom. The summed E-state index contributed by atoms with van der Waals surface area (Å²) in [6.45, 7) is 5.66. The van der Waals surface area contributed by atoms with Crippen LogP contribution in [-0.2, 0) is 4.79 Å². The van der Waals surface area contributed by atoms with Crippen LogP contribution in [0.2, 0.25) is 0 Å². The van der Waals surface area contributed by atoms with Gasteiger partial charge in [-0.05, 0) is 18.1 Å². The van der Waals surface area contributed by atoms with E-state index in [4.69, 9.17) is 0 Å². The van der Waals surface area contributed by atoms with Crippen LogP contribution in [0.5, 0.6) is 0 Å². The van der Waals surface area contributed by atoms with Gasteiger partial charge in [-0.2, -0.15) is 0 Å². The molecule has 0 spiro atoms. The summed E-state index contributed by atoms with van der Waals surface area (Å²) >= 11 is 0. The molecule has 18 heavy (non-hydrogen) atoms. The van der Waals surface area contributed by atoms with Crippen molar-refractivity contribution in [3.63, 3.8) is 0 Å². The molecule has 0 radical (unpaired) electrons. The van der Waals surface area contributed by atoms with Crippen LogP contribution in [-0.4, -0.2) is 37.0 Å². The van der Waals surface area contributed by atoms with Crippen LogP contribution >= 0.6 is 0 Å². The van der Waals surface area contributed by atoms with Gasteiger partial charge in [0.2, 0.25) is 5.91 Å². The van der Waals surface area contributed by atoms with Crippen LogP contribution in [0.15, 0.2) is 24.3 Å². The molecule has 1 heterocycles. The van der Waals surface area contributed by atoms with Crippen LogP contribution in [0.4, 0.5) is 11.4 Å². The normalized spacial score (nSPS) is 17.7. The number of carbonyl (C=O) groups is 1. The first-order chi connectivity index (χ1) is 8.58. The zero-order valence-corrected chi connectivity index (χ0v) is 11.2. The molecule has 4 heteroatoms. The van der Waals surface area contributed by atoms with E-state index >= 15 is 0 Å². The molecule has 0 saturated heterocycles. The van der Waals surface area contributed by atoms with E-state index < -0.39 is 0 Å². The zero-order valence-electron chi connectivity index (χ0n) is 11.2. The first-order valence-corrected chi connectivity index (χ1v) is 6.42. The van der Waals surface area contributed by atoms with Crippen LogP contribution in [0, 0.1) is 5.92 Å². The van der Waals surface area contributed by atoms with Crippen molar-refractivity contribution in [1.82, 2.24) is 4.90 Å². The number of hydrogen-bond donors (Lipinski definition) is 2. The third-order valence-electron chi connectivity index (χ3n) is 3.07. The standard InChI is InChI=1S/C14H21N3O/c1-10(2)9-17(3)14(18)13-8-15-11-6-4-5-7-12(11)16-13/h4-7,10,13,15-16H,8-9H2,1-3H3. The number of anilines is 2. The van der Waals surface area contributed by atoms with Crippen LogP contribution in [0.3, 0.4) is 0 Å². The number of carbonyl (C=O) groups excluding carboxylic acids is 1. The number of amides is 1. The molecule has 1 aromatic carbocycles. The van der Waals surface area contributed by atoms with Crippen LogP contribution < -0.4 is 10.6 Å². The van der Waals surface area contributed by atoms with Gasteiger partial charge in [0.15, 0.2) is 0 Å². The number of likely N-dealkylation sites (N-methyl/N-ethyl adjacent to an activating group) is 1. The van der Waals surface area contributed by atoms with Crippen molar-refractivity contribution in [1.29, 1.82) is 0 Å². The number of rotatable bonds is 3. The van der Waals surface area contributed by atoms with Gasteiger partial charge in [0.1, 0.15) is 6.04 Å². The minimum Gasteiger partial charge on any atom is -0.381 e. The molecule has 2 rings (SSSR count). The largest absolute Gasteiger partial charge is 0.381 e. The Labute approximate surface area is 108 Å². The summed E-state index contributed by atoms with van der Waals surface area (Å²) < 4.78 is 0. The number of nitrogens with one attached hydrogen (secondary N) is 2. The Balaban J connectivity index is 2.02. The van der Waals surface area contributed by atoms with Crippen molar-refractivity contribution in [2.24, 2.45) is 5.92 Å². The molecule has 1 aliphatic rings. The SMILES string of the molecule is CC(C)CN(C)C(=O)C1CNc2ccccc2N1. The molecule has 1 amide bonds. The molecule has 1 aliphatic heterocycles. The summed E-state index contributed by atoms with van der Waals surface area (Å²) in [5.74, 6) is 0.633. The summed E-state index contributed by atoms with van der Waals surface area (Å²) in [4.78, 5) is 14.1. The fraction of sp³-hybridized carbons (Fsp3) is 0.500. The molecule has 98 valence electrons. The number of hydrogen-bond acceptors (Lipinski definition) is 3. The lowest BCUT2D eigenvalue weighted by atomic mass is 10.1. The fourth-order valence-corrected chi connectivity index (χ4v) is 2.27. The van der Waals surface area contributed by atoms with E-state index in [1.54, 1.807) is 4.90 Å². The third kappa shape index (κ3) is 2.75. The first-order valence-electron chi connectivity index (χ1n) is 6.42. The van der Waals surface area contributed by atoms with Crippen molar-refractivity contribution >= 4 is 17.3 Å². The highest BCUT2D eigenvalue weighted by atomic mass is 16.2. The van der Waals surface area contributed by atoms with Gasteiger partial charge in [0, 0.05) is 20.1 Å². The third-order valence-corrected chi connectivity index (χ3v) is 3.07. The molecular formula is C14H21N3O. The lowest BCUT2D eigenvalue weighted by molar-refractivity contribution is -0.130. The van der Waals surface area contributed by atoms with Crippen molar-refractivity contribution in [2.45, 2.75) is 19.9 Å². The molecule has 2 N–H and O–H groups in total. The molecular weight excluding hydrogens is 226 g/mol. The van der Waals surface area contributed by atoms with E-state index in [1.807, 2.05) is 31.3 Å². The molecule has 4 nitrogen and oxygen atoms in total. The Bertz CT molecular complexity index is 431. The minimum absolute atomic E-state index is 0.144. The first kappa shape index (κ1) is 12.7. The molecule has 0 aliphatic carbocycles. The molecule has 0 fully saturated rings. The topological polar surface area (TPSA) is 44.4 Å². The molecule has 0 bridgehead atoms. The second-order valence-corrected chi connectivity index (χ2v) is 5.24. The number of fused-ring (bicyclic) bond motifs is 1. The Morgan fingerprint density at radius 1 is 1.39 bits per heavy atom. The smallest absolute Gasteiger partial charge is 0.246 e. The van der Waals surface area contributed by atoms with E-state index in [2.05, 4.69) is 24.5 Å². The highest BCUT2D eigenvalue weighted by Gasteiger charge is 2.26. The van der Waals surface area contributed by atoms with Gasteiger partial charge >= 0.3 is 0 Å². The summed E-state index contributed by atoms with van der Waals surface area (Å²) in [5.41, 5.74) is 2.06. The van der Waals surface area contributed by atoms with Crippen molar-refractivity contribution in [2.75, 3.05) is 30.8 Å². The maximum Gasteiger partial charge on any atom is 0.246 e. The summed E-state index contributed by atoms with van der Waals surface area (Å²) in [7, 11) is 1.87. The van der Waals surface area contributed by atoms with Crippen molar-refractivity contribution in [3.05, 3.63) is 24.3 Å². The molecule has 0 saturated carbocycles. The van der Waals surface area contributed by atoms with Gasteiger partial charge in [-0.1, -0.05) is 26.0 Å². The van der Waals surface area contributed by atoms with Gasteiger partial charge in [-0.25, -0.2) is 0 Å². The second kappa shape index (κ2) is 5.29. The van der Waals surface area contributed by atoms with E-state index in [9.17, 15) is 4.79 Å². The quantitative estimate of drug-likeness (QED) is 0.858. The predicted octanol–water partition coefficient (Wildman–Crippen LogP) is 2.01. The van der Waals surface area contributed by atoms with Crippen molar-refractivity contribution < 1.29 is 4.79 Å². The van der Waals surface area contributed by atoms with E-state index in [1.165, 1.54) is 0 Å². The number of benzene rings is 1. The Morgan fingerprint density at radius 3 is 2.72 bits per heavy atom. The van der Waals surface area contributed by atoms with E-state index in [0.717, 1.165) is 17.9 Å². The van der Waals surface area contributed by atoms with Crippen LogP contribution in [0.25, 0.3) is 0 Å². The minimum atomic E-state index is -0.177. The van der Waals surface area contributed by atoms with Gasteiger partial charge in [-0.15, -0.1) is 0 Å². The summed E-state index contributed by atoms with van der Waals surface area (Å²) in [5, 5.41) is 6.59. The van der Waals surface area contributed by atoms with Gasteiger partial charge < -0.3 is 15.5 Å². The van der Waals surface area contributed by atoms with Crippen molar-refractivity contribution in [3.8, 4) is 0 Å². The summed E-state index contributed by atoms with van der Waals surface area (Å²) in [6.07, 6.45) is 0. The lowest BCUT2D eigenvalue weighted by Gasteiger charge is -2.31. The average Bonchev–Trinajstić information content (AvgIpc) is 2.36. The Kier molecular flexibility index (Phi) is 3.75. The lowest BCUT2D eigenvalue weighted by Crippen LogP contribution is -2.47. The maximum absolute atomic E-state index is 12.3. The fourth-order valence-electron chi connectivity index (χ4n) is 2.27. The molecule has 0 aromatic heterocycles. The zero-order chi connectivity index (χ0) is 13.1. The highest BCUT2D eigenvalue weighted by Crippen LogP contribution is 2.25. The highest BCUT2D eigenvalue weighted by molar-refractivity contribution is 5.88. The number of para-hydroxylation sites is 2. The monoisotopic (exact) mass is 247 g/mol. The number of nitrogens with zero attached hydrogens (tertiary/aromatic N) is 1. The van der Waals surface area contributed by atoms with Crippen LogP contribution in [0.1, 0.15) is 13.8 Å². The predicted molar refractivity (Wildman–Crippen MR) is 74.8 cm³/mol. The van der Waals surface area contributed by atoms with E-state index in [-0.39, 0.29) is 11.9 Å².